The quantitative estimate of drug-likeness (QED) is 0.725. The van der Waals surface area contributed by atoms with Gasteiger partial charge in [-0.1, -0.05) is 51.1 Å². The Balaban J connectivity index is 2.02. The molecule has 3 rings (SSSR count). The van der Waals surface area contributed by atoms with E-state index in [0.29, 0.717) is 11.3 Å². The fraction of sp³-hybridized carbons (Fsp3) is 0.400. The van der Waals surface area contributed by atoms with Gasteiger partial charge in [0.2, 0.25) is 0 Å². The normalized spacial score (nSPS) is 21.5. The molecule has 2 nitrogen and oxygen atoms in total. The van der Waals surface area contributed by atoms with Crippen LogP contribution in [0.4, 0.5) is 0 Å². The molecular weight excluding hydrogens is 208 g/mol. The van der Waals surface area contributed by atoms with Gasteiger partial charge in [-0.2, -0.15) is 5.10 Å². The Labute approximate surface area is 102 Å². The van der Waals surface area contributed by atoms with Gasteiger partial charge in [-0.3, -0.25) is 4.68 Å². The lowest BCUT2D eigenvalue weighted by molar-refractivity contribution is 0.301. The van der Waals surface area contributed by atoms with Crippen molar-refractivity contribution in [3.05, 3.63) is 42.1 Å². The lowest BCUT2D eigenvalue weighted by Gasteiger charge is -2.22. The molecule has 0 radical (unpaired) electrons. The monoisotopic (exact) mass is 226 g/mol. The van der Waals surface area contributed by atoms with Gasteiger partial charge in [0.25, 0.3) is 0 Å². The number of fused-ring (bicyclic) bond motifs is 1. The van der Waals surface area contributed by atoms with E-state index in [1.54, 1.807) is 0 Å². The highest BCUT2D eigenvalue weighted by Crippen LogP contribution is 2.43. The standard InChI is InChI=1S/C15H18N2/c1-11-14-9-13(12-7-5-4-6-8-12)16-17(14)10-15(11,2)3/h4-9,11H,10H2,1-3H3. The summed E-state index contributed by atoms with van der Waals surface area (Å²) in [7, 11) is 0. The third-order valence-electron chi connectivity index (χ3n) is 4.05. The minimum atomic E-state index is 0.331. The Hall–Kier alpha value is -1.57. The summed E-state index contributed by atoms with van der Waals surface area (Å²) in [4.78, 5) is 0. The smallest absolute Gasteiger partial charge is 0.0926 e. The van der Waals surface area contributed by atoms with Crippen LogP contribution >= 0.6 is 0 Å². The molecule has 1 unspecified atom stereocenters. The molecule has 1 aliphatic rings. The van der Waals surface area contributed by atoms with Gasteiger partial charge >= 0.3 is 0 Å². The van der Waals surface area contributed by atoms with Crippen molar-refractivity contribution in [1.82, 2.24) is 9.78 Å². The van der Waals surface area contributed by atoms with Gasteiger partial charge in [0.05, 0.1) is 5.69 Å². The molecule has 2 heterocycles. The van der Waals surface area contributed by atoms with Crippen molar-refractivity contribution >= 4 is 0 Å². The third-order valence-corrected chi connectivity index (χ3v) is 4.05. The van der Waals surface area contributed by atoms with Crippen molar-refractivity contribution in [3.8, 4) is 11.3 Å². The molecule has 1 aromatic carbocycles. The number of rotatable bonds is 1. The summed E-state index contributed by atoms with van der Waals surface area (Å²) in [6.07, 6.45) is 0. The maximum Gasteiger partial charge on any atom is 0.0926 e. The molecule has 0 N–H and O–H groups in total. The van der Waals surface area contributed by atoms with Gasteiger partial charge in [0.15, 0.2) is 0 Å². The third kappa shape index (κ3) is 1.59. The van der Waals surface area contributed by atoms with Gasteiger partial charge in [-0.05, 0) is 11.5 Å². The maximum absolute atomic E-state index is 4.72. The summed E-state index contributed by atoms with van der Waals surface area (Å²) < 4.78 is 2.17. The minimum absolute atomic E-state index is 0.331. The van der Waals surface area contributed by atoms with Crippen LogP contribution in [-0.4, -0.2) is 9.78 Å². The van der Waals surface area contributed by atoms with Crippen molar-refractivity contribution in [2.75, 3.05) is 0 Å². The Morgan fingerprint density at radius 3 is 2.59 bits per heavy atom. The average molecular weight is 226 g/mol. The first-order chi connectivity index (χ1) is 8.08. The molecule has 0 saturated heterocycles. The average Bonchev–Trinajstić information content (AvgIpc) is 2.80. The number of hydrogen-bond donors (Lipinski definition) is 0. The fourth-order valence-electron chi connectivity index (χ4n) is 2.58. The second-order valence-corrected chi connectivity index (χ2v) is 5.69. The number of benzene rings is 1. The Morgan fingerprint density at radius 2 is 1.94 bits per heavy atom. The number of hydrogen-bond acceptors (Lipinski definition) is 1. The molecule has 17 heavy (non-hydrogen) atoms. The number of aromatic nitrogens is 2. The molecule has 0 fully saturated rings. The molecule has 0 saturated carbocycles. The maximum atomic E-state index is 4.72. The zero-order valence-corrected chi connectivity index (χ0v) is 10.6. The predicted molar refractivity (Wildman–Crippen MR) is 69.9 cm³/mol. The predicted octanol–water partition coefficient (Wildman–Crippen LogP) is 3.69. The molecule has 88 valence electrons. The van der Waals surface area contributed by atoms with E-state index >= 15 is 0 Å². The van der Waals surface area contributed by atoms with Crippen molar-refractivity contribution in [1.29, 1.82) is 0 Å². The topological polar surface area (TPSA) is 17.8 Å². The highest BCUT2D eigenvalue weighted by Gasteiger charge is 2.37. The van der Waals surface area contributed by atoms with E-state index in [-0.39, 0.29) is 0 Å². The molecule has 1 aliphatic heterocycles. The second-order valence-electron chi connectivity index (χ2n) is 5.69. The van der Waals surface area contributed by atoms with Crippen LogP contribution in [0.3, 0.4) is 0 Å². The van der Waals surface area contributed by atoms with E-state index < -0.39 is 0 Å². The summed E-state index contributed by atoms with van der Waals surface area (Å²) in [5, 5.41) is 4.72. The summed E-state index contributed by atoms with van der Waals surface area (Å²) in [5.41, 5.74) is 4.01. The summed E-state index contributed by atoms with van der Waals surface area (Å²) >= 11 is 0. The van der Waals surface area contributed by atoms with E-state index in [2.05, 4.69) is 55.8 Å². The number of nitrogens with zero attached hydrogens (tertiary/aromatic N) is 2. The van der Waals surface area contributed by atoms with E-state index in [4.69, 9.17) is 5.10 Å². The van der Waals surface area contributed by atoms with Crippen molar-refractivity contribution in [2.24, 2.45) is 5.41 Å². The van der Waals surface area contributed by atoms with Crippen molar-refractivity contribution in [2.45, 2.75) is 33.2 Å². The molecule has 0 bridgehead atoms. The first-order valence-electron chi connectivity index (χ1n) is 6.21. The Bertz CT molecular complexity index is 537. The molecule has 0 amide bonds. The highest BCUT2D eigenvalue weighted by molar-refractivity contribution is 5.59. The molecule has 0 spiro atoms. The van der Waals surface area contributed by atoms with Crippen LogP contribution in [0.25, 0.3) is 11.3 Å². The minimum Gasteiger partial charge on any atom is -0.268 e. The van der Waals surface area contributed by atoms with Gasteiger partial charge in [0.1, 0.15) is 0 Å². The largest absolute Gasteiger partial charge is 0.268 e. The van der Waals surface area contributed by atoms with E-state index in [9.17, 15) is 0 Å². The molecule has 2 aromatic rings. The van der Waals surface area contributed by atoms with Crippen LogP contribution in [0.15, 0.2) is 36.4 Å². The lowest BCUT2D eigenvalue weighted by Crippen LogP contribution is -2.16. The summed E-state index contributed by atoms with van der Waals surface area (Å²) in [6, 6.07) is 12.6. The van der Waals surface area contributed by atoms with Crippen LogP contribution in [0.2, 0.25) is 0 Å². The zero-order chi connectivity index (χ0) is 12.0. The van der Waals surface area contributed by atoms with Gasteiger partial charge in [-0.15, -0.1) is 0 Å². The van der Waals surface area contributed by atoms with Gasteiger partial charge in [0, 0.05) is 23.7 Å². The molecule has 2 heteroatoms. The van der Waals surface area contributed by atoms with Gasteiger partial charge < -0.3 is 0 Å². The fourth-order valence-corrected chi connectivity index (χ4v) is 2.58. The summed E-state index contributed by atoms with van der Waals surface area (Å²) in [5.74, 6) is 0.576. The van der Waals surface area contributed by atoms with Crippen LogP contribution < -0.4 is 0 Å². The van der Waals surface area contributed by atoms with Crippen molar-refractivity contribution < 1.29 is 0 Å². The zero-order valence-electron chi connectivity index (χ0n) is 10.6. The van der Waals surface area contributed by atoms with Gasteiger partial charge in [-0.25, -0.2) is 0 Å². The molecule has 1 aromatic heterocycles. The van der Waals surface area contributed by atoms with Crippen LogP contribution in [-0.2, 0) is 6.54 Å². The highest BCUT2D eigenvalue weighted by atomic mass is 15.3. The first kappa shape index (κ1) is 10.6. The van der Waals surface area contributed by atoms with Crippen molar-refractivity contribution in [3.63, 3.8) is 0 Å². The first-order valence-corrected chi connectivity index (χ1v) is 6.21. The molecular formula is C15H18N2. The van der Waals surface area contributed by atoms with Crippen LogP contribution in [0.5, 0.6) is 0 Å². The molecule has 1 atom stereocenters. The van der Waals surface area contributed by atoms with E-state index in [1.807, 2.05) is 6.07 Å². The Kier molecular flexibility index (Phi) is 2.15. The van der Waals surface area contributed by atoms with E-state index in [1.165, 1.54) is 11.3 Å². The van der Waals surface area contributed by atoms with Crippen LogP contribution in [0, 0.1) is 5.41 Å². The summed E-state index contributed by atoms with van der Waals surface area (Å²) in [6.45, 7) is 7.95. The molecule has 0 aliphatic carbocycles. The van der Waals surface area contributed by atoms with Crippen LogP contribution in [0.1, 0.15) is 32.4 Å². The SMILES string of the molecule is CC1c2cc(-c3ccccc3)nn2CC1(C)C. The second kappa shape index (κ2) is 3.46. The Morgan fingerprint density at radius 1 is 1.24 bits per heavy atom. The van der Waals surface area contributed by atoms with E-state index in [0.717, 1.165) is 12.2 Å². The lowest BCUT2D eigenvalue weighted by atomic mass is 9.81.